The van der Waals surface area contributed by atoms with Crippen LogP contribution in [0.4, 0.5) is 0 Å². The van der Waals surface area contributed by atoms with Crippen LogP contribution < -0.4 is 0 Å². The van der Waals surface area contributed by atoms with Gasteiger partial charge in [0.2, 0.25) is 0 Å². The van der Waals surface area contributed by atoms with E-state index in [-0.39, 0.29) is 17.9 Å². The third-order valence-electron chi connectivity index (χ3n) is 5.49. The molecule has 1 aliphatic rings. The highest BCUT2D eigenvalue weighted by molar-refractivity contribution is 7.19. The Morgan fingerprint density at radius 3 is 2.78 bits per heavy atom. The van der Waals surface area contributed by atoms with E-state index in [9.17, 15) is 14.7 Å². The molecule has 1 fully saturated rings. The molecule has 2 atom stereocenters. The summed E-state index contributed by atoms with van der Waals surface area (Å²) in [5.41, 5.74) is -0.604. The van der Waals surface area contributed by atoms with Crippen molar-refractivity contribution in [3.05, 3.63) is 45.7 Å². The van der Waals surface area contributed by atoms with E-state index in [1.54, 1.807) is 25.1 Å². The quantitative estimate of drug-likeness (QED) is 0.545. The number of aromatic carboxylic acids is 1. The average Bonchev–Trinajstić information content (AvgIpc) is 3.54. The van der Waals surface area contributed by atoms with E-state index in [4.69, 9.17) is 25.6 Å². The zero-order valence-electron chi connectivity index (χ0n) is 17.6. The second-order valence-electron chi connectivity index (χ2n) is 7.45. The summed E-state index contributed by atoms with van der Waals surface area (Å²) in [5.74, 6) is -1.19. The Balaban J connectivity index is 1.62. The molecule has 0 aliphatic carbocycles. The van der Waals surface area contributed by atoms with Crippen molar-refractivity contribution in [2.45, 2.75) is 38.3 Å². The first-order valence-corrected chi connectivity index (χ1v) is 10.9. The molecule has 0 bridgehead atoms. The van der Waals surface area contributed by atoms with E-state index in [2.05, 4.69) is 10.3 Å². The van der Waals surface area contributed by atoms with Crippen LogP contribution in [0.25, 0.3) is 10.6 Å². The fourth-order valence-corrected chi connectivity index (χ4v) is 4.75. The Kier molecular flexibility index (Phi) is 6.08. The summed E-state index contributed by atoms with van der Waals surface area (Å²) < 4.78 is 18.2. The molecule has 170 valence electrons. The summed E-state index contributed by atoms with van der Waals surface area (Å²) in [6.07, 6.45) is 0.670. The second kappa shape index (κ2) is 8.66. The van der Waals surface area contributed by atoms with Crippen LogP contribution in [0.5, 0.6) is 0 Å². The minimum Gasteiger partial charge on any atom is -0.477 e. The smallest absolute Gasteiger partial charge is 0.354 e. The largest absolute Gasteiger partial charge is 0.477 e. The zero-order valence-corrected chi connectivity index (χ0v) is 19.1. The molecule has 4 heterocycles. The Hall–Kier alpha value is -2.73. The van der Waals surface area contributed by atoms with E-state index >= 15 is 0 Å². The number of rotatable bonds is 7. The van der Waals surface area contributed by atoms with Crippen LogP contribution in [0.1, 0.15) is 46.4 Å². The van der Waals surface area contributed by atoms with Gasteiger partial charge in [-0.05, 0) is 31.9 Å². The number of carboxylic acid groups (broad SMARTS) is 1. The molecule has 12 heteroatoms. The Morgan fingerprint density at radius 1 is 1.38 bits per heavy atom. The molecule has 0 spiro atoms. The van der Waals surface area contributed by atoms with E-state index in [0.717, 1.165) is 4.88 Å². The maximum Gasteiger partial charge on any atom is 0.354 e. The van der Waals surface area contributed by atoms with Crippen LogP contribution in [0, 0.1) is 0 Å². The number of nitrogens with zero attached hydrogens (tertiary/aromatic N) is 4. The number of carbonyl (C=O) groups is 2. The maximum atomic E-state index is 13.3. The van der Waals surface area contributed by atoms with Gasteiger partial charge in [-0.3, -0.25) is 14.4 Å². The number of carbonyl (C=O) groups excluding carboxylic acids is 1. The number of thiophene rings is 1. The molecule has 3 aromatic rings. The number of carboxylic acids is 1. The molecular formula is C20H21ClN4O6S. The summed E-state index contributed by atoms with van der Waals surface area (Å²) in [5, 5.41) is 17.9. The fourth-order valence-electron chi connectivity index (χ4n) is 3.75. The van der Waals surface area contributed by atoms with Gasteiger partial charge in [-0.25, -0.2) is 4.79 Å². The summed E-state index contributed by atoms with van der Waals surface area (Å²) in [6.45, 7) is 1.79. The van der Waals surface area contributed by atoms with Crippen LogP contribution in [0.3, 0.4) is 0 Å². The lowest BCUT2D eigenvalue weighted by Gasteiger charge is -2.36. The molecule has 0 radical (unpaired) electrons. The number of hydrogen-bond donors (Lipinski definition) is 1. The molecule has 4 rings (SSSR count). The molecule has 0 unspecified atom stereocenters. The van der Waals surface area contributed by atoms with E-state index in [1.807, 2.05) is 0 Å². The van der Waals surface area contributed by atoms with Gasteiger partial charge in [0, 0.05) is 26.4 Å². The lowest BCUT2D eigenvalue weighted by atomic mass is 10.2. The monoisotopic (exact) mass is 480 g/mol. The summed E-state index contributed by atoms with van der Waals surface area (Å²) in [4.78, 5) is 27.3. The van der Waals surface area contributed by atoms with Crippen molar-refractivity contribution in [2.75, 3.05) is 14.2 Å². The minimum atomic E-state index is -1.22. The van der Waals surface area contributed by atoms with Crippen LogP contribution in [-0.4, -0.2) is 63.0 Å². The van der Waals surface area contributed by atoms with Gasteiger partial charge >= 0.3 is 5.97 Å². The normalized spacial score (nSPS) is 20.8. The number of hydrogen-bond acceptors (Lipinski definition) is 8. The number of methoxy groups -OCH3 is 2. The van der Waals surface area contributed by atoms with E-state index < -0.39 is 23.8 Å². The van der Waals surface area contributed by atoms with Crippen molar-refractivity contribution < 1.29 is 28.7 Å². The lowest BCUT2D eigenvalue weighted by Crippen LogP contribution is -2.50. The van der Waals surface area contributed by atoms with E-state index in [1.165, 1.54) is 41.2 Å². The highest BCUT2D eigenvalue weighted by atomic mass is 35.5. The molecule has 0 aromatic carbocycles. The number of halogens is 1. The van der Waals surface area contributed by atoms with Gasteiger partial charge in [-0.15, -0.1) is 11.3 Å². The van der Waals surface area contributed by atoms with Crippen LogP contribution >= 0.6 is 22.9 Å². The predicted molar refractivity (Wildman–Crippen MR) is 115 cm³/mol. The Labute approximate surface area is 192 Å². The Morgan fingerprint density at radius 2 is 2.16 bits per heavy atom. The van der Waals surface area contributed by atoms with Gasteiger partial charge < -0.3 is 19.1 Å². The highest BCUT2D eigenvalue weighted by Gasteiger charge is 2.47. The van der Waals surface area contributed by atoms with Crippen molar-refractivity contribution in [1.82, 2.24) is 19.8 Å². The van der Waals surface area contributed by atoms with Gasteiger partial charge in [0.25, 0.3) is 5.91 Å². The van der Waals surface area contributed by atoms with Gasteiger partial charge in [-0.2, -0.15) is 5.10 Å². The first-order chi connectivity index (χ1) is 15.3. The first-order valence-electron chi connectivity index (χ1n) is 9.70. The topological polar surface area (TPSA) is 120 Å². The van der Waals surface area contributed by atoms with Gasteiger partial charge in [0.1, 0.15) is 23.3 Å². The summed E-state index contributed by atoms with van der Waals surface area (Å²) in [7, 11) is 3.03. The van der Waals surface area contributed by atoms with Crippen LogP contribution in [0.2, 0.25) is 4.34 Å². The lowest BCUT2D eigenvalue weighted by molar-refractivity contribution is -0.126. The van der Waals surface area contributed by atoms with Crippen molar-refractivity contribution in [3.8, 4) is 10.6 Å². The number of aromatic nitrogens is 3. The number of likely N-dealkylation sites (tertiary alicyclic amines) is 1. The first kappa shape index (κ1) is 22.5. The van der Waals surface area contributed by atoms with E-state index in [0.29, 0.717) is 28.6 Å². The van der Waals surface area contributed by atoms with Crippen LogP contribution in [-0.2, 0) is 16.0 Å². The molecule has 10 nitrogen and oxygen atoms in total. The highest BCUT2D eigenvalue weighted by Crippen LogP contribution is 2.36. The molecule has 3 aromatic heterocycles. The third-order valence-corrected chi connectivity index (χ3v) is 6.73. The summed E-state index contributed by atoms with van der Waals surface area (Å²) in [6, 6.07) is 6.48. The maximum absolute atomic E-state index is 13.3. The molecule has 0 saturated carbocycles. The number of amides is 1. The van der Waals surface area contributed by atoms with Crippen molar-refractivity contribution >= 4 is 34.8 Å². The molecule has 1 aliphatic heterocycles. The molecule has 1 amide bonds. The molecule has 1 N–H and O–H groups in total. The fraction of sp³-hybridized carbons (Fsp3) is 0.400. The standard InChI is InChI=1S/C20H21ClN4O6S/c1-20(30-3)7-6-17(29-2)25(20)18(26)12-9-13(19(27)28)24(22-12)10-11-8-14(31-23-11)15-4-5-16(21)32-15/h4-5,8-9,17H,6-7,10H2,1-3H3,(H,27,28)/t17-,20-/m1/s1. The van der Waals surface area contributed by atoms with Gasteiger partial charge in [0.05, 0.1) is 15.8 Å². The van der Waals surface area contributed by atoms with Crippen LogP contribution in [0.15, 0.2) is 28.8 Å². The Bertz CT molecular complexity index is 1160. The summed E-state index contributed by atoms with van der Waals surface area (Å²) >= 11 is 7.30. The van der Waals surface area contributed by atoms with Gasteiger partial charge in [0.15, 0.2) is 11.5 Å². The average molecular weight is 481 g/mol. The zero-order chi connectivity index (χ0) is 23.0. The molecule has 32 heavy (non-hydrogen) atoms. The molecule has 1 saturated heterocycles. The van der Waals surface area contributed by atoms with Crippen molar-refractivity contribution in [3.63, 3.8) is 0 Å². The third kappa shape index (κ3) is 4.04. The molecular weight excluding hydrogens is 460 g/mol. The van der Waals surface area contributed by atoms with Gasteiger partial charge in [-0.1, -0.05) is 16.8 Å². The van der Waals surface area contributed by atoms with Crippen molar-refractivity contribution in [1.29, 1.82) is 0 Å². The van der Waals surface area contributed by atoms with Crippen molar-refractivity contribution in [2.24, 2.45) is 0 Å². The number of ether oxygens (including phenoxy) is 2. The second-order valence-corrected chi connectivity index (χ2v) is 9.16. The predicted octanol–water partition coefficient (Wildman–Crippen LogP) is 3.57. The SMILES string of the molecule is CO[C@@H]1CC[C@@](C)(OC)N1C(=O)c1cc(C(=O)O)n(Cc2cc(-c3ccc(Cl)s3)on2)n1. The minimum absolute atomic E-state index is 0.00672.